The molecule has 3 aliphatic heterocycles. The van der Waals surface area contributed by atoms with Gasteiger partial charge in [0.05, 0.1) is 17.3 Å². The molecule has 0 saturated carbocycles. The van der Waals surface area contributed by atoms with E-state index in [2.05, 4.69) is 22.6 Å². The summed E-state index contributed by atoms with van der Waals surface area (Å²) in [6, 6.07) is 8.20. The van der Waals surface area contributed by atoms with E-state index in [1.165, 1.54) is 10.6 Å². The maximum Gasteiger partial charge on any atom is 0.225 e. The SMILES string of the molecule is Cn1c(N2CC3CN(C(=O)C4CCN(S(C)(=O)=O)CC4)CC3C2)nc2ccccc21. The molecule has 1 aromatic carbocycles. The molecule has 8 nitrogen and oxygen atoms in total. The largest absolute Gasteiger partial charge is 0.342 e. The summed E-state index contributed by atoms with van der Waals surface area (Å²) in [5.41, 5.74) is 2.16. The van der Waals surface area contributed by atoms with Crippen LogP contribution in [-0.4, -0.2) is 78.6 Å². The predicted octanol–water partition coefficient (Wildman–Crippen LogP) is 1.14. The van der Waals surface area contributed by atoms with Crippen molar-refractivity contribution in [3.63, 3.8) is 0 Å². The van der Waals surface area contributed by atoms with Gasteiger partial charge in [-0.2, -0.15) is 0 Å². The van der Waals surface area contributed by atoms with Gasteiger partial charge in [0.1, 0.15) is 0 Å². The van der Waals surface area contributed by atoms with E-state index in [0.717, 1.165) is 43.2 Å². The Bertz CT molecular complexity index is 1060. The van der Waals surface area contributed by atoms with Gasteiger partial charge in [0, 0.05) is 64.1 Å². The van der Waals surface area contributed by atoms with Gasteiger partial charge in [-0.1, -0.05) is 12.1 Å². The zero-order valence-electron chi connectivity index (χ0n) is 17.6. The van der Waals surface area contributed by atoms with Gasteiger partial charge in [-0.3, -0.25) is 4.79 Å². The Hall–Kier alpha value is -2.13. The number of carbonyl (C=O) groups is 1. The van der Waals surface area contributed by atoms with Crippen LogP contribution in [0.2, 0.25) is 0 Å². The molecule has 0 spiro atoms. The van der Waals surface area contributed by atoms with Crippen LogP contribution in [0.4, 0.5) is 5.95 Å². The molecular formula is C21H29N5O3S. The van der Waals surface area contributed by atoms with Crippen LogP contribution in [0, 0.1) is 17.8 Å². The fraction of sp³-hybridized carbons (Fsp3) is 0.619. The maximum atomic E-state index is 13.0. The first-order valence-corrected chi connectivity index (χ1v) is 12.6. The van der Waals surface area contributed by atoms with Gasteiger partial charge in [-0.05, 0) is 25.0 Å². The van der Waals surface area contributed by atoms with Crippen molar-refractivity contribution in [2.45, 2.75) is 12.8 Å². The number of aryl methyl sites for hydroxylation is 1. The minimum atomic E-state index is -3.16. The predicted molar refractivity (Wildman–Crippen MR) is 116 cm³/mol. The molecule has 162 valence electrons. The van der Waals surface area contributed by atoms with Gasteiger partial charge in [-0.25, -0.2) is 17.7 Å². The quantitative estimate of drug-likeness (QED) is 0.728. The number of nitrogens with zero attached hydrogens (tertiary/aromatic N) is 5. The summed E-state index contributed by atoms with van der Waals surface area (Å²) < 4.78 is 27.1. The summed E-state index contributed by atoms with van der Waals surface area (Å²) in [6.07, 6.45) is 2.50. The highest BCUT2D eigenvalue weighted by Gasteiger charge is 2.44. The van der Waals surface area contributed by atoms with Crippen LogP contribution in [-0.2, 0) is 21.9 Å². The third-order valence-electron chi connectivity index (χ3n) is 7.12. The summed E-state index contributed by atoms with van der Waals surface area (Å²) in [7, 11) is -1.09. The van der Waals surface area contributed by atoms with Gasteiger partial charge in [-0.15, -0.1) is 0 Å². The monoisotopic (exact) mass is 431 g/mol. The third-order valence-corrected chi connectivity index (χ3v) is 8.42. The van der Waals surface area contributed by atoms with Crippen LogP contribution in [0.25, 0.3) is 11.0 Å². The van der Waals surface area contributed by atoms with E-state index in [1.807, 2.05) is 23.1 Å². The molecule has 1 amide bonds. The van der Waals surface area contributed by atoms with Crippen LogP contribution in [0.3, 0.4) is 0 Å². The number of amides is 1. The molecule has 3 aliphatic rings. The molecule has 30 heavy (non-hydrogen) atoms. The lowest BCUT2D eigenvalue weighted by Crippen LogP contribution is -2.44. The van der Waals surface area contributed by atoms with E-state index >= 15 is 0 Å². The topological polar surface area (TPSA) is 78.8 Å². The van der Waals surface area contributed by atoms with Crippen molar-refractivity contribution in [3.05, 3.63) is 24.3 Å². The van der Waals surface area contributed by atoms with Crippen molar-refractivity contribution >= 4 is 32.9 Å². The Morgan fingerprint density at radius 1 is 1.03 bits per heavy atom. The van der Waals surface area contributed by atoms with Crippen molar-refractivity contribution < 1.29 is 13.2 Å². The number of benzene rings is 1. The number of carbonyl (C=O) groups excluding carboxylic acids is 1. The molecule has 2 unspecified atom stereocenters. The number of imidazole rings is 1. The molecule has 4 heterocycles. The smallest absolute Gasteiger partial charge is 0.225 e. The summed E-state index contributed by atoms with van der Waals surface area (Å²) in [5, 5.41) is 0. The van der Waals surface area contributed by atoms with Crippen molar-refractivity contribution in [1.29, 1.82) is 0 Å². The number of hydrogen-bond acceptors (Lipinski definition) is 5. The van der Waals surface area contributed by atoms with Crippen LogP contribution >= 0.6 is 0 Å². The molecule has 0 bridgehead atoms. The number of rotatable bonds is 3. The van der Waals surface area contributed by atoms with Gasteiger partial charge < -0.3 is 14.4 Å². The Labute approximate surface area is 177 Å². The minimum absolute atomic E-state index is 0.0437. The molecule has 5 rings (SSSR count). The number of fused-ring (bicyclic) bond motifs is 2. The van der Waals surface area contributed by atoms with Crippen molar-refractivity contribution in [3.8, 4) is 0 Å². The van der Waals surface area contributed by atoms with Crippen LogP contribution in [0.1, 0.15) is 12.8 Å². The first-order chi connectivity index (χ1) is 14.3. The second kappa shape index (κ2) is 7.23. The van der Waals surface area contributed by atoms with E-state index in [-0.39, 0.29) is 11.8 Å². The second-order valence-electron chi connectivity index (χ2n) is 9.06. The number of anilines is 1. The standard InChI is InChI=1S/C21H29N5O3S/c1-23-19-6-4-3-5-18(19)22-21(23)25-13-16-11-24(12-17(16)14-25)20(27)15-7-9-26(10-8-15)30(2,28)29/h3-6,15-17H,7-14H2,1-2H3. The van der Waals surface area contributed by atoms with Crippen molar-refractivity contribution in [1.82, 2.24) is 18.8 Å². The maximum absolute atomic E-state index is 13.0. The molecular weight excluding hydrogens is 402 g/mol. The van der Waals surface area contributed by atoms with Gasteiger partial charge >= 0.3 is 0 Å². The molecule has 2 atom stereocenters. The number of sulfonamides is 1. The molecule has 9 heteroatoms. The Kier molecular flexibility index (Phi) is 4.77. The van der Waals surface area contributed by atoms with Crippen LogP contribution in [0.15, 0.2) is 24.3 Å². The number of likely N-dealkylation sites (tertiary alicyclic amines) is 1. The molecule has 2 aromatic rings. The van der Waals surface area contributed by atoms with E-state index in [0.29, 0.717) is 37.8 Å². The second-order valence-corrected chi connectivity index (χ2v) is 11.0. The molecule has 1 aromatic heterocycles. The van der Waals surface area contributed by atoms with Gasteiger partial charge in [0.15, 0.2) is 0 Å². The number of para-hydroxylation sites is 2. The number of aromatic nitrogens is 2. The first kappa shape index (κ1) is 19.8. The Morgan fingerprint density at radius 3 is 2.27 bits per heavy atom. The lowest BCUT2D eigenvalue weighted by Gasteiger charge is -2.32. The molecule has 0 radical (unpaired) electrons. The number of piperidine rings is 1. The molecule has 0 aliphatic carbocycles. The lowest BCUT2D eigenvalue weighted by atomic mass is 9.96. The fourth-order valence-corrected chi connectivity index (χ4v) is 6.32. The summed E-state index contributed by atoms with van der Waals surface area (Å²) in [5.74, 6) is 2.14. The van der Waals surface area contributed by atoms with Crippen LogP contribution in [0.5, 0.6) is 0 Å². The molecule has 3 saturated heterocycles. The van der Waals surface area contributed by atoms with E-state index in [9.17, 15) is 13.2 Å². The summed E-state index contributed by atoms with van der Waals surface area (Å²) in [4.78, 5) is 22.3. The first-order valence-electron chi connectivity index (χ1n) is 10.7. The summed E-state index contributed by atoms with van der Waals surface area (Å²) >= 11 is 0. The number of hydrogen-bond donors (Lipinski definition) is 0. The fourth-order valence-electron chi connectivity index (χ4n) is 5.44. The average Bonchev–Trinajstić information content (AvgIpc) is 3.39. The summed E-state index contributed by atoms with van der Waals surface area (Å²) in [6.45, 7) is 4.37. The highest BCUT2D eigenvalue weighted by atomic mass is 32.2. The van der Waals surface area contributed by atoms with Crippen molar-refractivity contribution in [2.75, 3.05) is 50.4 Å². The van der Waals surface area contributed by atoms with E-state index in [1.54, 1.807) is 0 Å². The highest BCUT2D eigenvalue weighted by molar-refractivity contribution is 7.88. The van der Waals surface area contributed by atoms with E-state index < -0.39 is 10.0 Å². The minimum Gasteiger partial charge on any atom is -0.342 e. The third kappa shape index (κ3) is 3.37. The normalized spacial score (nSPS) is 25.9. The zero-order chi connectivity index (χ0) is 21.0. The van der Waals surface area contributed by atoms with Gasteiger partial charge in [0.25, 0.3) is 0 Å². The molecule has 0 N–H and O–H groups in total. The van der Waals surface area contributed by atoms with E-state index in [4.69, 9.17) is 4.98 Å². The van der Waals surface area contributed by atoms with Gasteiger partial charge in [0.2, 0.25) is 21.9 Å². The zero-order valence-corrected chi connectivity index (χ0v) is 18.4. The lowest BCUT2D eigenvalue weighted by molar-refractivity contribution is -0.135. The van der Waals surface area contributed by atoms with Crippen molar-refractivity contribution in [2.24, 2.45) is 24.8 Å². The Balaban J connectivity index is 1.21. The molecule has 3 fully saturated rings. The Morgan fingerprint density at radius 2 is 1.67 bits per heavy atom. The average molecular weight is 432 g/mol. The van der Waals surface area contributed by atoms with Crippen LogP contribution < -0.4 is 4.90 Å². The highest BCUT2D eigenvalue weighted by Crippen LogP contribution is 2.36.